The molecule has 0 heterocycles. The number of anilines is 1. The Balaban J connectivity index is 2.20. The summed E-state index contributed by atoms with van der Waals surface area (Å²) in [5.41, 5.74) is 1.34. The fourth-order valence-corrected chi connectivity index (χ4v) is 2.79. The molecule has 0 bridgehead atoms. The van der Waals surface area contributed by atoms with Gasteiger partial charge in [-0.15, -0.1) is 0 Å². The van der Waals surface area contributed by atoms with Crippen molar-refractivity contribution in [2.45, 2.75) is 13.1 Å². The molecule has 26 heavy (non-hydrogen) atoms. The lowest BCUT2D eigenvalue weighted by molar-refractivity contribution is -0.123. The second-order valence-electron chi connectivity index (χ2n) is 5.41. The van der Waals surface area contributed by atoms with Crippen molar-refractivity contribution in [2.24, 2.45) is 0 Å². The van der Waals surface area contributed by atoms with Gasteiger partial charge in [0.05, 0.1) is 5.56 Å². The molecule has 2 N–H and O–H groups in total. The molecule has 9 heteroatoms. The Morgan fingerprint density at radius 2 is 1.81 bits per heavy atom. The first-order valence-electron chi connectivity index (χ1n) is 7.29. The van der Waals surface area contributed by atoms with Crippen molar-refractivity contribution in [3.05, 3.63) is 61.7 Å². The molecule has 0 spiro atoms. The van der Waals surface area contributed by atoms with Gasteiger partial charge in [0.25, 0.3) is 11.8 Å². The summed E-state index contributed by atoms with van der Waals surface area (Å²) < 4.78 is 37.3. The average Bonchev–Trinajstić information content (AvgIpc) is 2.56. The molecule has 0 fully saturated rings. The standard InChI is InChI=1S/C17H13ClF3IN2O2/c1-9-2-3-10(15(25)23-8-17(19,20)21)6-14(9)24-16(26)12-7-11(18)4-5-13(12)22/h2-7H,8H2,1H3,(H,23,25)(H,24,26). The predicted molar refractivity (Wildman–Crippen MR) is 102 cm³/mol. The number of carbonyl (C=O) groups is 2. The Kier molecular flexibility index (Phi) is 6.51. The molecule has 0 aliphatic rings. The summed E-state index contributed by atoms with van der Waals surface area (Å²) in [5.74, 6) is -1.32. The molecule has 0 aromatic heterocycles. The number of amides is 2. The van der Waals surface area contributed by atoms with E-state index in [9.17, 15) is 22.8 Å². The van der Waals surface area contributed by atoms with E-state index in [1.54, 1.807) is 30.4 Å². The summed E-state index contributed by atoms with van der Waals surface area (Å²) in [6, 6.07) is 9.10. The average molecular weight is 497 g/mol. The van der Waals surface area contributed by atoms with Crippen molar-refractivity contribution in [3.8, 4) is 0 Å². The lowest BCUT2D eigenvalue weighted by atomic mass is 10.1. The van der Waals surface area contributed by atoms with Gasteiger partial charge in [-0.3, -0.25) is 9.59 Å². The topological polar surface area (TPSA) is 58.2 Å². The number of hydrogen-bond acceptors (Lipinski definition) is 2. The van der Waals surface area contributed by atoms with Gasteiger partial charge in [-0.25, -0.2) is 0 Å². The molecule has 138 valence electrons. The van der Waals surface area contributed by atoms with Gasteiger partial charge in [0.2, 0.25) is 0 Å². The first-order valence-corrected chi connectivity index (χ1v) is 8.74. The zero-order valence-electron chi connectivity index (χ0n) is 13.4. The smallest absolute Gasteiger partial charge is 0.343 e. The normalized spacial score (nSPS) is 11.2. The zero-order chi connectivity index (χ0) is 19.5. The molecule has 2 aromatic carbocycles. The Morgan fingerprint density at radius 3 is 2.46 bits per heavy atom. The number of halogens is 5. The van der Waals surface area contributed by atoms with Crippen LogP contribution in [-0.4, -0.2) is 24.5 Å². The summed E-state index contributed by atoms with van der Waals surface area (Å²) >= 11 is 7.89. The molecule has 0 radical (unpaired) electrons. The van der Waals surface area contributed by atoms with Gasteiger partial charge in [-0.1, -0.05) is 17.7 Å². The van der Waals surface area contributed by atoms with Crippen molar-refractivity contribution in [1.82, 2.24) is 5.32 Å². The van der Waals surface area contributed by atoms with Crippen molar-refractivity contribution < 1.29 is 22.8 Å². The van der Waals surface area contributed by atoms with E-state index in [1.165, 1.54) is 18.2 Å². The highest BCUT2D eigenvalue weighted by atomic mass is 127. The van der Waals surface area contributed by atoms with E-state index in [0.29, 0.717) is 25.4 Å². The minimum Gasteiger partial charge on any atom is -0.343 e. The number of aryl methyl sites for hydroxylation is 1. The highest BCUT2D eigenvalue weighted by Gasteiger charge is 2.28. The van der Waals surface area contributed by atoms with Crippen LogP contribution >= 0.6 is 34.2 Å². The van der Waals surface area contributed by atoms with Gasteiger partial charge >= 0.3 is 6.18 Å². The SMILES string of the molecule is Cc1ccc(C(=O)NCC(F)(F)F)cc1NC(=O)c1cc(Cl)ccc1I. The maximum atomic E-state index is 12.5. The third kappa shape index (κ3) is 5.60. The zero-order valence-corrected chi connectivity index (χ0v) is 16.3. The van der Waals surface area contributed by atoms with Crippen LogP contribution in [0.3, 0.4) is 0 Å². The lowest BCUT2D eigenvalue weighted by Gasteiger charge is -2.12. The summed E-state index contributed by atoms with van der Waals surface area (Å²) in [6.07, 6.45) is -4.50. The summed E-state index contributed by atoms with van der Waals surface area (Å²) in [7, 11) is 0. The van der Waals surface area contributed by atoms with Gasteiger partial charge < -0.3 is 10.6 Å². The van der Waals surface area contributed by atoms with E-state index in [4.69, 9.17) is 11.6 Å². The fraction of sp³-hybridized carbons (Fsp3) is 0.176. The minimum atomic E-state index is -4.50. The number of nitrogens with one attached hydrogen (secondary N) is 2. The monoisotopic (exact) mass is 496 g/mol. The lowest BCUT2D eigenvalue weighted by Crippen LogP contribution is -2.33. The van der Waals surface area contributed by atoms with Crippen LogP contribution in [-0.2, 0) is 0 Å². The summed E-state index contributed by atoms with van der Waals surface area (Å²) in [4.78, 5) is 24.3. The van der Waals surface area contributed by atoms with Crippen LogP contribution in [0.2, 0.25) is 5.02 Å². The maximum Gasteiger partial charge on any atom is 0.405 e. The Hall–Kier alpha value is -1.81. The summed E-state index contributed by atoms with van der Waals surface area (Å²) in [6.45, 7) is 0.276. The van der Waals surface area contributed by atoms with E-state index < -0.39 is 24.5 Å². The predicted octanol–water partition coefficient (Wildman–Crippen LogP) is 4.80. The first-order chi connectivity index (χ1) is 12.1. The fourth-order valence-electron chi connectivity index (χ4n) is 2.04. The van der Waals surface area contributed by atoms with Crippen molar-refractivity contribution in [1.29, 1.82) is 0 Å². The molecule has 2 amide bonds. The van der Waals surface area contributed by atoms with Crippen LogP contribution < -0.4 is 10.6 Å². The van der Waals surface area contributed by atoms with Gasteiger partial charge in [0, 0.05) is 19.8 Å². The van der Waals surface area contributed by atoms with Gasteiger partial charge in [-0.05, 0) is 65.4 Å². The molecule has 0 aliphatic heterocycles. The number of benzene rings is 2. The largest absolute Gasteiger partial charge is 0.405 e. The minimum absolute atomic E-state index is 0.0101. The van der Waals surface area contributed by atoms with Crippen LogP contribution in [0.25, 0.3) is 0 Å². The van der Waals surface area contributed by atoms with E-state index in [-0.39, 0.29) is 5.56 Å². The molecule has 2 rings (SSSR count). The number of rotatable bonds is 4. The third-order valence-corrected chi connectivity index (χ3v) is 4.55. The highest BCUT2D eigenvalue weighted by Crippen LogP contribution is 2.22. The van der Waals surface area contributed by atoms with Crippen LogP contribution in [0.1, 0.15) is 26.3 Å². The molecule has 4 nitrogen and oxygen atoms in total. The van der Waals surface area contributed by atoms with Crippen molar-refractivity contribution in [3.63, 3.8) is 0 Å². The van der Waals surface area contributed by atoms with E-state index in [1.807, 2.05) is 22.6 Å². The van der Waals surface area contributed by atoms with Crippen LogP contribution in [0.4, 0.5) is 18.9 Å². The quantitative estimate of drug-likeness (QED) is 0.598. The molecule has 0 aliphatic carbocycles. The molecule has 0 saturated carbocycles. The molecular weight excluding hydrogens is 484 g/mol. The van der Waals surface area contributed by atoms with Crippen molar-refractivity contribution in [2.75, 3.05) is 11.9 Å². The van der Waals surface area contributed by atoms with E-state index in [2.05, 4.69) is 5.32 Å². The molecule has 2 aromatic rings. The van der Waals surface area contributed by atoms with E-state index in [0.717, 1.165) is 0 Å². The Morgan fingerprint density at radius 1 is 1.12 bits per heavy atom. The maximum absolute atomic E-state index is 12.5. The second kappa shape index (κ2) is 8.26. The first kappa shape index (κ1) is 20.5. The van der Waals surface area contributed by atoms with Crippen LogP contribution in [0.5, 0.6) is 0 Å². The Bertz CT molecular complexity index is 856. The van der Waals surface area contributed by atoms with Crippen molar-refractivity contribution >= 4 is 51.7 Å². The van der Waals surface area contributed by atoms with Crippen LogP contribution in [0.15, 0.2) is 36.4 Å². The number of alkyl halides is 3. The summed E-state index contributed by atoms with van der Waals surface area (Å²) in [5, 5.41) is 4.85. The number of hydrogen-bond donors (Lipinski definition) is 2. The highest BCUT2D eigenvalue weighted by molar-refractivity contribution is 14.1. The third-order valence-electron chi connectivity index (χ3n) is 3.37. The van der Waals surface area contributed by atoms with E-state index >= 15 is 0 Å². The second-order valence-corrected chi connectivity index (χ2v) is 7.00. The van der Waals surface area contributed by atoms with Crippen LogP contribution in [0, 0.1) is 10.5 Å². The van der Waals surface area contributed by atoms with Gasteiger partial charge in [0.15, 0.2) is 0 Å². The Labute approximate surface area is 166 Å². The molecule has 0 saturated heterocycles. The molecular formula is C17H13ClF3IN2O2. The van der Waals surface area contributed by atoms with Gasteiger partial charge in [0.1, 0.15) is 6.54 Å². The molecule has 0 unspecified atom stereocenters. The molecule has 0 atom stereocenters. The van der Waals surface area contributed by atoms with Gasteiger partial charge in [-0.2, -0.15) is 13.2 Å². The number of carbonyl (C=O) groups excluding carboxylic acids is 2.